The zero-order chi connectivity index (χ0) is 20.4. The molecule has 7 heteroatoms. The summed E-state index contributed by atoms with van der Waals surface area (Å²) < 4.78 is 20.4. The normalized spacial score (nSPS) is 10.9. The van der Waals surface area contributed by atoms with Crippen LogP contribution in [0.15, 0.2) is 54.7 Å². The monoisotopic (exact) mass is 390 g/mol. The topological polar surface area (TPSA) is 79.9 Å². The molecule has 0 atom stereocenters. The molecule has 0 radical (unpaired) electrons. The number of hydrogen-bond acceptors (Lipinski definition) is 4. The number of aromatic nitrogens is 3. The number of aromatic amines is 1. The Morgan fingerprint density at radius 1 is 1.21 bits per heavy atom. The molecule has 2 heterocycles. The van der Waals surface area contributed by atoms with Gasteiger partial charge in [-0.15, -0.1) is 0 Å². The van der Waals surface area contributed by atoms with Crippen LogP contribution in [0.2, 0.25) is 0 Å². The highest BCUT2D eigenvalue weighted by Crippen LogP contribution is 2.29. The van der Waals surface area contributed by atoms with E-state index in [-0.39, 0.29) is 17.5 Å². The van der Waals surface area contributed by atoms with Crippen LogP contribution in [0.4, 0.5) is 4.39 Å². The van der Waals surface area contributed by atoms with Crippen molar-refractivity contribution >= 4 is 16.8 Å². The van der Waals surface area contributed by atoms with Gasteiger partial charge in [-0.2, -0.15) is 4.98 Å². The zero-order valence-electron chi connectivity index (χ0n) is 16.0. The van der Waals surface area contributed by atoms with E-state index in [0.29, 0.717) is 28.7 Å². The molecule has 0 saturated heterocycles. The number of aryl methyl sites for hydroxylation is 1. The molecule has 4 aromatic rings. The molecule has 0 aliphatic heterocycles. The summed E-state index contributed by atoms with van der Waals surface area (Å²) in [6, 6.07) is 13.9. The van der Waals surface area contributed by atoms with Gasteiger partial charge in [-0.25, -0.2) is 9.37 Å². The molecule has 0 spiro atoms. The van der Waals surface area contributed by atoms with Crippen molar-refractivity contribution in [2.45, 2.75) is 13.3 Å². The third kappa shape index (κ3) is 3.94. The maximum atomic E-state index is 14.7. The number of fused-ring (bicyclic) bond motifs is 1. The van der Waals surface area contributed by atoms with Gasteiger partial charge in [0.25, 0.3) is 5.91 Å². The van der Waals surface area contributed by atoms with Crippen LogP contribution >= 0.6 is 0 Å². The van der Waals surface area contributed by atoms with E-state index in [0.717, 1.165) is 11.3 Å². The summed E-state index contributed by atoms with van der Waals surface area (Å²) in [4.78, 5) is 23.5. The first-order valence-electron chi connectivity index (χ1n) is 9.12. The van der Waals surface area contributed by atoms with Gasteiger partial charge in [0.15, 0.2) is 11.6 Å². The molecule has 146 valence electrons. The highest BCUT2D eigenvalue weighted by Gasteiger charge is 2.13. The molecule has 2 aromatic carbocycles. The van der Waals surface area contributed by atoms with Gasteiger partial charge in [0, 0.05) is 47.9 Å². The Balaban J connectivity index is 1.57. The minimum Gasteiger partial charge on any atom is -0.436 e. The summed E-state index contributed by atoms with van der Waals surface area (Å²) in [5, 5.41) is 3.07. The van der Waals surface area contributed by atoms with Crippen molar-refractivity contribution in [1.29, 1.82) is 0 Å². The third-order valence-corrected chi connectivity index (χ3v) is 4.51. The van der Waals surface area contributed by atoms with Gasteiger partial charge in [-0.3, -0.25) is 4.79 Å². The van der Waals surface area contributed by atoms with Crippen LogP contribution < -0.4 is 10.1 Å². The molecule has 0 aliphatic carbocycles. The summed E-state index contributed by atoms with van der Waals surface area (Å²) in [6.45, 7) is 1.87. The van der Waals surface area contributed by atoms with Crippen LogP contribution in [0, 0.1) is 12.7 Å². The van der Waals surface area contributed by atoms with Crippen molar-refractivity contribution in [3.8, 4) is 11.6 Å². The maximum absolute atomic E-state index is 14.7. The van der Waals surface area contributed by atoms with Crippen LogP contribution in [-0.4, -0.2) is 27.9 Å². The van der Waals surface area contributed by atoms with Gasteiger partial charge in [-0.1, -0.05) is 12.1 Å². The minimum absolute atomic E-state index is 0.0998. The van der Waals surface area contributed by atoms with Gasteiger partial charge in [0.2, 0.25) is 5.88 Å². The largest absolute Gasteiger partial charge is 0.436 e. The van der Waals surface area contributed by atoms with Gasteiger partial charge < -0.3 is 15.0 Å². The first-order chi connectivity index (χ1) is 14.0. The van der Waals surface area contributed by atoms with Crippen molar-refractivity contribution < 1.29 is 13.9 Å². The lowest BCUT2D eigenvalue weighted by Gasteiger charge is -2.08. The van der Waals surface area contributed by atoms with Crippen LogP contribution in [0.25, 0.3) is 10.9 Å². The lowest BCUT2D eigenvalue weighted by atomic mass is 10.1. The second kappa shape index (κ2) is 7.71. The summed E-state index contributed by atoms with van der Waals surface area (Å²) in [5.74, 6) is 0.266. The van der Waals surface area contributed by atoms with E-state index in [4.69, 9.17) is 4.74 Å². The van der Waals surface area contributed by atoms with Gasteiger partial charge in [0.1, 0.15) is 5.82 Å². The molecular formula is C22H19FN4O2. The van der Waals surface area contributed by atoms with Crippen LogP contribution in [0.5, 0.6) is 11.6 Å². The van der Waals surface area contributed by atoms with Gasteiger partial charge >= 0.3 is 0 Å². The summed E-state index contributed by atoms with van der Waals surface area (Å²) in [7, 11) is 1.59. The van der Waals surface area contributed by atoms with Gasteiger partial charge in [0.05, 0.1) is 0 Å². The third-order valence-electron chi connectivity index (χ3n) is 4.51. The van der Waals surface area contributed by atoms with Crippen molar-refractivity contribution in [2.75, 3.05) is 7.05 Å². The quantitative estimate of drug-likeness (QED) is 0.537. The maximum Gasteiger partial charge on any atom is 0.251 e. The first kappa shape index (κ1) is 18.6. The molecule has 0 aliphatic rings. The number of amides is 1. The molecule has 2 N–H and O–H groups in total. The summed E-state index contributed by atoms with van der Waals surface area (Å²) in [6.07, 6.45) is 1.98. The number of carbonyl (C=O) groups excluding carboxylic acids is 1. The number of benzene rings is 2. The number of carbonyl (C=O) groups is 1. The molecule has 29 heavy (non-hydrogen) atoms. The first-order valence-corrected chi connectivity index (χ1v) is 9.12. The second-order valence-electron chi connectivity index (χ2n) is 6.66. The molecular weight excluding hydrogens is 371 g/mol. The van der Waals surface area contributed by atoms with Crippen LogP contribution in [-0.2, 0) is 6.42 Å². The number of ether oxygens (including phenoxy) is 1. The Kier molecular flexibility index (Phi) is 4.95. The summed E-state index contributed by atoms with van der Waals surface area (Å²) >= 11 is 0. The highest BCUT2D eigenvalue weighted by molar-refractivity contribution is 5.94. The van der Waals surface area contributed by atoms with E-state index >= 15 is 0 Å². The highest BCUT2D eigenvalue weighted by atomic mass is 19.1. The fourth-order valence-corrected chi connectivity index (χ4v) is 3.15. The summed E-state index contributed by atoms with van der Waals surface area (Å²) in [5.41, 5.74) is 3.04. The zero-order valence-corrected chi connectivity index (χ0v) is 16.0. The number of nitrogens with one attached hydrogen (secondary N) is 2. The Hall–Kier alpha value is -3.74. The molecule has 0 saturated carbocycles. The number of hydrogen-bond donors (Lipinski definition) is 2. The number of H-pyrrole nitrogens is 1. The molecule has 4 rings (SSSR count). The number of halogens is 1. The molecule has 0 bridgehead atoms. The van der Waals surface area contributed by atoms with Crippen LogP contribution in [0.3, 0.4) is 0 Å². The van der Waals surface area contributed by atoms with Crippen molar-refractivity contribution in [2.24, 2.45) is 0 Å². The van der Waals surface area contributed by atoms with E-state index in [9.17, 15) is 9.18 Å². The number of nitrogens with zero attached hydrogens (tertiary/aromatic N) is 2. The smallest absolute Gasteiger partial charge is 0.251 e. The van der Waals surface area contributed by atoms with E-state index in [2.05, 4.69) is 20.3 Å². The van der Waals surface area contributed by atoms with E-state index in [1.165, 1.54) is 0 Å². The van der Waals surface area contributed by atoms with Crippen molar-refractivity contribution in [3.05, 3.63) is 83.2 Å². The minimum atomic E-state index is -0.440. The molecule has 6 nitrogen and oxygen atoms in total. The van der Waals surface area contributed by atoms with E-state index < -0.39 is 5.82 Å². The predicted octanol–water partition coefficient (Wildman–Crippen LogP) is 4.15. The average Bonchev–Trinajstić information content (AvgIpc) is 3.11. The Morgan fingerprint density at radius 3 is 2.90 bits per heavy atom. The fourth-order valence-electron chi connectivity index (χ4n) is 3.15. The Bertz CT molecular complexity index is 1200. The van der Waals surface area contributed by atoms with Crippen molar-refractivity contribution in [1.82, 2.24) is 20.3 Å². The lowest BCUT2D eigenvalue weighted by Crippen LogP contribution is -2.17. The Morgan fingerprint density at radius 2 is 2.07 bits per heavy atom. The predicted molar refractivity (Wildman–Crippen MR) is 108 cm³/mol. The molecule has 2 aromatic heterocycles. The standard InChI is InChI=1S/C22H19FN4O2/c1-13-10-16-17(26-13)6-7-18(21(16)23)29-20-8-9-25-19(27-20)12-14-4-3-5-15(11-14)22(28)24-2/h3-11,26H,12H2,1-2H3,(H,24,28). The van der Waals surface area contributed by atoms with E-state index in [1.807, 2.05) is 19.1 Å². The average molecular weight is 390 g/mol. The lowest BCUT2D eigenvalue weighted by molar-refractivity contribution is 0.0963. The fraction of sp³-hybridized carbons (Fsp3) is 0.136. The second-order valence-corrected chi connectivity index (χ2v) is 6.66. The molecule has 1 amide bonds. The van der Waals surface area contributed by atoms with Gasteiger partial charge in [-0.05, 0) is 42.8 Å². The molecule has 0 fully saturated rings. The van der Waals surface area contributed by atoms with E-state index in [1.54, 1.807) is 49.6 Å². The van der Waals surface area contributed by atoms with Crippen molar-refractivity contribution in [3.63, 3.8) is 0 Å². The molecule has 0 unspecified atom stereocenters. The number of rotatable bonds is 5. The van der Waals surface area contributed by atoms with Crippen LogP contribution in [0.1, 0.15) is 27.4 Å². The SMILES string of the molecule is CNC(=O)c1cccc(Cc2nccc(Oc3ccc4[nH]c(C)cc4c3F)n2)c1. The Labute approximate surface area is 166 Å².